The van der Waals surface area contributed by atoms with Gasteiger partial charge in [-0.05, 0) is 6.92 Å². The van der Waals surface area contributed by atoms with E-state index < -0.39 is 30.4 Å². The van der Waals surface area contributed by atoms with Crippen LogP contribution in [-0.2, 0) is 9.53 Å². The molecular formula is C12H17N7O4. The van der Waals surface area contributed by atoms with Crippen molar-refractivity contribution in [3.63, 3.8) is 0 Å². The molecule has 3 rings (SSSR count). The van der Waals surface area contributed by atoms with E-state index in [0.717, 1.165) is 0 Å². The van der Waals surface area contributed by atoms with Gasteiger partial charge in [0.1, 0.15) is 17.7 Å². The van der Waals surface area contributed by atoms with Crippen molar-refractivity contribution in [2.75, 3.05) is 18.0 Å². The molecule has 0 bridgehead atoms. The monoisotopic (exact) mass is 323 g/mol. The van der Waals surface area contributed by atoms with Crippen molar-refractivity contribution in [1.29, 1.82) is 0 Å². The Morgan fingerprint density at radius 1 is 1.39 bits per heavy atom. The van der Waals surface area contributed by atoms with Gasteiger partial charge in [-0.3, -0.25) is 9.36 Å². The number of carbonyl (C=O) groups excluding carboxylic acids is 1. The van der Waals surface area contributed by atoms with Crippen LogP contribution in [0.1, 0.15) is 13.2 Å². The maximum absolute atomic E-state index is 11.9. The Morgan fingerprint density at radius 2 is 2.13 bits per heavy atom. The number of nitrogens with one attached hydrogen (secondary N) is 1. The smallest absolute Gasteiger partial charge is 0.252 e. The van der Waals surface area contributed by atoms with Crippen molar-refractivity contribution in [1.82, 2.24) is 24.8 Å². The Labute approximate surface area is 130 Å². The maximum atomic E-state index is 11.9. The number of hydrogen-bond donors (Lipinski definition) is 5. The molecule has 0 aromatic carbocycles. The number of ether oxygens (including phenoxy) is 1. The van der Waals surface area contributed by atoms with Gasteiger partial charge in [0.25, 0.3) is 5.91 Å². The van der Waals surface area contributed by atoms with Gasteiger partial charge in [-0.2, -0.15) is 9.97 Å². The van der Waals surface area contributed by atoms with Gasteiger partial charge in [0, 0.05) is 6.54 Å². The third-order valence-electron chi connectivity index (χ3n) is 3.59. The fraction of sp³-hybridized carbons (Fsp3) is 0.500. The zero-order valence-electron chi connectivity index (χ0n) is 12.2. The molecule has 23 heavy (non-hydrogen) atoms. The van der Waals surface area contributed by atoms with Crippen molar-refractivity contribution in [3.8, 4) is 0 Å². The van der Waals surface area contributed by atoms with Gasteiger partial charge in [0.05, 0.1) is 6.33 Å². The van der Waals surface area contributed by atoms with Gasteiger partial charge in [0.15, 0.2) is 23.8 Å². The van der Waals surface area contributed by atoms with Crippen molar-refractivity contribution in [2.45, 2.75) is 31.5 Å². The first-order valence-corrected chi connectivity index (χ1v) is 6.98. The molecule has 0 spiro atoms. The second-order valence-electron chi connectivity index (χ2n) is 5.11. The van der Waals surface area contributed by atoms with Gasteiger partial charge in [-0.15, -0.1) is 0 Å². The molecule has 124 valence electrons. The minimum absolute atomic E-state index is 0.0648. The zero-order valence-corrected chi connectivity index (χ0v) is 12.2. The summed E-state index contributed by atoms with van der Waals surface area (Å²) in [6, 6.07) is 0. The third kappa shape index (κ3) is 2.44. The molecule has 0 radical (unpaired) electrons. The summed E-state index contributed by atoms with van der Waals surface area (Å²) in [5, 5.41) is 22.8. The second-order valence-corrected chi connectivity index (χ2v) is 5.11. The summed E-state index contributed by atoms with van der Waals surface area (Å²) < 4.78 is 6.86. The third-order valence-corrected chi connectivity index (χ3v) is 3.59. The molecule has 1 aliphatic heterocycles. The lowest BCUT2D eigenvalue weighted by molar-refractivity contribution is -0.137. The number of hydrogen-bond acceptors (Lipinski definition) is 9. The Balaban J connectivity index is 1.98. The predicted molar refractivity (Wildman–Crippen MR) is 78.8 cm³/mol. The van der Waals surface area contributed by atoms with E-state index in [1.165, 1.54) is 10.9 Å². The molecular weight excluding hydrogens is 306 g/mol. The van der Waals surface area contributed by atoms with Crippen molar-refractivity contribution in [2.24, 2.45) is 0 Å². The van der Waals surface area contributed by atoms with E-state index in [1.807, 2.05) is 0 Å². The Morgan fingerprint density at radius 3 is 2.83 bits per heavy atom. The van der Waals surface area contributed by atoms with E-state index in [9.17, 15) is 15.0 Å². The maximum Gasteiger partial charge on any atom is 0.252 e. The molecule has 1 aliphatic rings. The molecule has 0 aliphatic carbocycles. The van der Waals surface area contributed by atoms with Crippen LogP contribution >= 0.6 is 0 Å². The number of aliphatic hydroxyl groups is 2. The summed E-state index contributed by atoms with van der Waals surface area (Å²) in [4.78, 5) is 23.8. The Hall–Kier alpha value is -2.50. The highest BCUT2D eigenvalue weighted by Gasteiger charge is 2.47. The van der Waals surface area contributed by atoms with Crippen molar-refractivity contribution in [3.05, 3.63) is 6.33 Å². The number of likely N-dealkylation sites (N-methyl/N-ethyl adjacent to an activating group) is 1. The number of nitrogens with zero attached hydrogens (tertiary/aromatic N) is 4. The number of rotatable bonds is 3. The van der Waals surface area contributed by atoms with Gasteiger partial charge in [-0.1, -0.05) is 0 Å². The highest BCUT2D eigenvalue weighted by Crippen LogP contribution is 2.32. The molecule has 1 amide bonds. The van der Waals surface area contributed by atoms with E-state index in [4.69, 9.17) is 16.2 Å². The number of imidazole rings is 1. The number of nitrogens with two attached hydrogens (primary N) is 2. The van der Waals surface area contributed by atoms with Gasteiger partial charge < -0.3 is 31.7 Å². The topological polar surface area (TPSA) is 174 Å². The average Bonchev–Trinajstić information content (AvgIpc) is 3.02. The standard InChI is InChI=1S/C12H17N7O4/c1-2-15-10(22)7-5(20)6(21)11(23-7)19-3-16-4-8(13)17-12(14)18-9(4)19/h3,5-7,11,20-21H,2H2,1H3,(H,15,22)(H4,13,14,17,18). The van der Waals surface area contributed by atoms with E-state index in [2.05, 4.69) is 20.3 Å². The molecule has 2 aromatic rings. The summed E-state index contributed by atoms with van der Waals surface area (Å²) in [5.41, 5.74) is 11.8. The quantitative estimate of drug-likeness (QED) is 0.417. The average molecular weight is 323 g/mol. The Bertz CT molecular complexity index is 748. The van der Waals surface area contributed by atoms with Crippen LogP contribution in [0.3, 0.4) is 0 Å². The first-order chi connectivity index (χ1) is 10.9. The second kappa shape index (κ2) is 5.61. The normalized spacial score (nSPS) is 27.4. The molecule has 3 heterocycles. The lowest BCUT2D eigenvalue weighted by Crippen LogP contribution is -2.42. The number of fused-ring (bicyclic) bond motifs is 1. The van der Waals surface area contributed by atoms with Crippen LogP contribution < -0.4 is 16.8 Å². The van der Waals surface area contributed by atoms with Crippen LogP contribution in [0.4, 0.5) is 11.8 Å². The van der Waals surface area contributed by atoms with Crippen LogP contribution in [-0.4, -0.2) is 60.5 Å². The van der Waals surface area contributed by atoms with Crippen LogP contribution in [0.15, 0.2) is 6.33 Å². The highest BCUT2D eigenvalue weighted by molar-refractivity contribution is 5.83. The largest absolute Gasteiger partial charge is 0.387 e. The SMILES string of the molecule is CCNC(=O)C1OC(n2cnc3c(N)nc(N)nc32)C(O)C1O. The lowest BCUT2D eigenvalue weighted by atomic mass is 10.1. The van der Waals surface area contributed by atoms with E-state index >= 15 is 0 Å². The highest BCUT2D eigenvalue weighted by atomic mass is 16.6. The Kier molecular flexibility index (Phi) is 3.75. The minimum atomic E-state index is -1.39. The molecule has 4 atom stereocenters. The molecule has 11 nitrogen and oxygen atoms in total. The van der Waals surface area contributed by atoms with E-state index in [0.29, 0.717) is 6.54 Å². The molecule has 4 unspecified atom stereocenters. The number of nitrogen functional groups attached to an aromatic ring is 2. The fourth-order valence-corrected chi connectivity index (χ4v) is 2.52. The van der Waals surface area contributed by atoms with Crippen molar-refractivity contribution < 1.29 is 19.7 Å². The minimum Gasteiger partial charge on any atom is -0.387 e. The first-order valence-electron chi connectivity index (χ1n) is 6.98. The zero-order chi connectivity index (χ0) is 16.7. The summed E-state index contributed by atoms with van der Waals surface area (Å²) in [7, 11) is 0. The van der Waals surface area contributed by atoms with E-state index in [-0.39, 0.29) is 22.9 Å². The van der Waals surface area contributed by atoms with Crippen LogP contribution in [0.2, 0.25) is 0 Å². The summed E-state index contributed by atoms with van der Waals surface area (Å²) >= 11 is 0. The van der Waals surface area contributed by atoms with Gasteiger partial charge >= 0.3 is 0 Å². The number of amides is 1. The lowest BCUT2D eigenvalue weighted by Gasteiger charge is -2.16. The summed E-state index contributed by atoms with van der Waals surface area (Å²) in [5.74, 6) is -0.496. The summed E-state index contributed by atoms with van der Waals surface area (Å²) in [6.45, 7) is 2.11. The first kappa shape index (κ1) is 15.4. The number of anilines is 2. The van der Waals surface area contributed by atoms with Crippen LogP contribution in [0, 0.1) is 0 Å². The van der Waals surface area contributed by atoms with Gasteiger partial charge in [-0.25, -0.2) is 4.98 Å². The number of carbonyl (C=O) groups is 1. The fourth-order valence-electron chi connectivity index (χ4n) is 2.52. The molecule has 1 fully saturated rings. The van der Waals surface area contributed by atoms with Gasteiger partial charge in [0.2, 0.25) is 5.95 Å². The molecule has 0 saturated carbocycles. The predicted octanol–water partition coefficient (Wildman–Crippen LogP) is -2.25. The molecule has 1 saturated heterocycles. The molecule has 7 N–H and O–H groups in total. The molecule has 11 heteroatoms. The van der Waals surface area contributed by atoms with Crippen LogP contribution in [0.25, 0.3) is 11.2 Å². The van der Waals surface area contributed by atoms with Crippen molar-refractivity contribution >= 4 is 28.8 Å². The number of aromatic nitrogens is 4. The number of aliphatic hydroxyl groups excluding tert-OH is 2. The molecule has 2 aromatic heterocycles. The van der Waals surface area contributed by atoms with Crippen LogP contribution in [0.5, 0.6) is 0 Å². The summed E-state index contributed by atoms with van der Waals surface area (Å²) in [6.07, 6.45) is -3.67. The van der Waals surface area contributed by atoms with E-state index in [1.54, 1.807) is 6.92 Å².